The molecule has 4 heteroatoms. The van der Waals surface area contributed by atoms with Crippen molar-refractivity contribution in [2.45, 2.75) is 58.5 Å². The highest BCUT2D eigenvalue weighted by atomic mass is 16.5. The lowest BCUT2D eigenvalue weighted by atomic mass is 9.96. The minimum atomic E-state index is 0.0317. The molecule has 1 aromatic rings. The van der Waals surface area contributed by atoms with Crippen LogP contribution >= 0.6 is 0 Å². The van der Waals surface area contributed by atoms with Gasteiger partial charge in [0, 0.05) is 18.6 Å². The molecule has 0 aliphatic carbocycles. The van der Waals surface area contributed by atoms with Crippen LogP contribution in [0.25, 0.3) is 0 Å². The van der Waals surface area contributed by atoms with Crippen LogP contribution in [-0.4, -0.2) is 36.0 Å². The zero-order chi connectivity index (χ0) is 16.1. The van der Waals surface area contributed by atoms with E-state index in [1.165, 1.54) is 5.56 Å². The summed E-state index contributed by atoms with van der Waals surface area (Å²) in [6.07, 6.45) is 3.67. The Labute approximate surface area is 133 Å². The summed E-state index contributed by atoms with van der Waals surface area (Å²) in [5, 5.41) is 0. The van der Waals surface area contributed by atoms with Crippen molar-refractivity contribution in [3.63, 3.8) is 0 Å². The van der Waals surface area contributed by atoms with Gasteiger partial charge in [-0.05, 0) is 57.2 Å². The van der Waals surface area contributed by atoms with E-state index < -0.39 is 0 Å². The first-order chi connectivity index (χ1) is 10.5. The molecule has 22 heavy (non-hydrogen) atoms. The van der Waals surface area contributed by atoms with Crippen molar-refractivity contribution in [2.75, 3.05) is 13.2 Å². The summed E-state index contributed by atoms with van der Waals surface area (Å²) < 4.78 is 5.80. The quantitative estimate of drug-likeness (QED) is 0.910. The molecular weight excluding hydrogens is 276 g/mol. The molecule has 1 aromatic carbocycles. The predicted molar refractivity (Wildman–Crippen MR) is 89.0 cm³/mol. The van der Waals surface area contributed by atoms with E-state index in [0.717, 1.165) is 37.1 Å². The van der Waals surface area contributed by atoms with Crippen LogP contribution in [0.5, 0.6) is 5.75 Å². The maximum Gasteiger partial charge on any atom is 0.226 e. The zero-order valence-electron chi connectivity index (χ0n) is 14.0. The zero-order valence-corrected chi connectivity index (χ0v) is 14.0. The molecule has 0 spiro atoms. The summed E-state index contributed by atoms with van der Waals surface area (Å²) in [4.78, 5) is 14.4. The van der Waals surface area contributed by atoms with E-state index in [4.69, 9.17) is 10.5 Å². The number of likely N-dealkylation sites (tertiary alicyclic amines) is 1. The molecule has 2 atom stereocenters. The first kappa shape index (κ1) is 16.8. The van der Waals surface area contributed by atoms with Gasteiger partial charge in [-0.25, -0.2) is 0 Å². The van der Waals surface area contributed by atoms with Crippen molar-refractivity contribution in [1.29, 1.82) is 0 Å². The number of aryl methyl sites for hydroxylation is 1. The van der Waals surface area contributed by atoms with Gasteiger partial charge in [-0.2, -0.15) is 0 Å². The first-order valence-electron chi connectivity index (χ1n) is 8.24. The fourth-order valence-electron chi connectivity index (χ4n) is 3.09. The lowest BCUT2D eigenvalue weighted by Gasteiger charge is -2.38. The summed E-state index contributed by atoms with van der Waals surface area (Å²) in [6, 6.07) is 6.22. The number of piperidine rings is 1. The van der Waals surface area contributed by atoms with Gasteiger partial charge in [0.15, 0.2) is 0 Å². The monoisotopic (exact) mass is 304 g/mol. The van der Waals surface area contributed by atoms with Crippen molar-refractivity contribution in [2.24, 2.45) is 5.73 Å². The van der Waals surface area contributed by atoms with E-state index in [-0.39, 0.29) is 18.0 Å². The number of hydrogen-bond donors (Lipinski definition) is 1. The highest BCUT2D eigenvalue weighted by Gasteiger charge is 2.28. The van der Waals surface area contributed by atoms with Crippen LogP contribution < -0.4 is 10.5 Å². The number of nitrogens with zero attached hydrogens (tertiary/aromatic N) is 1. The molecule has 1 amide bonds. The Kier molecular flexibility index (Phi) is 5.83. The van der Waals surface area contributed by atoms with Crippen molar-refractivity contribution in [3.8, 4) is 5.75 Å². The van der Waals surface area contributed by atoms with Crippen LogP contribution in [-0.2, 0) is 4.79 Å². The molecule has 0 bridgehead atoms. The number of carbonyl (C=O) groups excluding carboxylic acids is 1. The van der Waals surface area contributed by atoms with Crippen LogP contribution in [0.15, 0.2) is 18.2 Å². The molecule has 2 unspecified atom stereocenters. The Balaban J connectivity index is 1.88. The van der Waals surface area contributed by atoms with Crippen LogP contribution in [0.3, 0.4) is 0 Å². The third-order valence-corrected chi connectivity index (χ3v) is 4.60. The number of rotatable bonds is 5. The lowest BCUT2D eigenvalue weighted by molar-refractivity contribution is -0.135. The second-order valence-electron chi connectivity index (χ2n) is 6.31. The Bertz CT molecular complexity index is 514. The van der Waals surface area contributed by atoms with Crippen LogP contribution in [0.1, 0.15) is 43.7 Å². The number of nitrogens with two attached hydrogens (primary N) is 1. The summed E-state index contributed by atoms with van der Waals surface area (Å²) in [5.41, 5.74) is 8.37. The highest BCUT2D eigenvalue weighted by Crippen LogP contribution is 2.22. The third-order valence-electron chi connectivity index (χ3n) is 4.60. The van der Waals surface area contributed by atoms with Crippen LogP contribution in [0.4, 0.5) is 0 Å². The molecule has 0 saturated carbocycles. The van der Waals surface area contributed by atoms with Crippen molar-refractivity contribution >= 4 is 5.91 Å². The fraction of sp³-hybridized carbons (Fsp3) is 0.611. The van der Waals surface area contributed by atoms with Gasteiger partial charge < -0.3 is 15.4 Å². The molecule has 1 saturated heterocycles. The number of benzene rings is 1. The molecule has 2 rings (SSSR count). The molecule has 1 aliphatic rings. The maximum atomic E-state index is 12.4. The Morgan fingerprint density at radius 2 is 2.18 bits per heavy atom. The van der Waals surface area contributed by atoms with Crippen LogP contribution in [0.2, 0.25) is 0 Å². The lowest BCUT2D eigenvalue weighted by Crippen LogP contribution is -2.51. The highest BCUT2D eigenvalue weighted by molar-refractivity contribution is 5.76. The van der Waals surface area contributed by atoms with E-state index in [9.17, 15) is 4.79 Å². The van der Waals surface area contributed by atoms with Gasteiger partial charge >= 0.3 is 0 Å². The molecule has 4 nitrogen and oxygen atoms in total. The fourth-order valence-corrected chi connectivity index (χ4v) is 3.09. The van der Waals surface area contributed by atoms with E-state index >= 15 is 0 Å². The van der Waals surface area contributed by atoms with Gasteiger partial charge in [0.1, 0.15) is 5.75 Å². The summed E-state index contributed by atoms with van der Waals surface area (Å²) in [6.45, 7) is 7.35. The largest absolute Gasteiger partial charge is 0.493 e. The third kappa shape index (κ3) is 4.01. The topological polar surface area (TPSA) is 55.6 Å². The van der Waals surface area contributed by atoms with Gasteiger partial charge in [0.2, 0.25) is 5.91 Å². The maximum absolute atomic E-state index is 12.4. The normalized spacial score (nSPS) is 19.8. The average Bonchev–Trinajstić information content (AvgIpc) is 2.51. The number of hydrogen-bond acceptors (Lipinski definition) is 3. The Morgan fingerprint density at radius 1 is 1.41 bits per heavy atom. The van der Waals surface area contributed by atoms with E-state index in [2.05, 4.69) is 13.0 Å². The average molecular weight is 304 g/mol. The summed E-state index contributed by atoms with van der Waals surface area (Å²) in [7, 11) is 0. The molecule has 0 radical (unpaired) electrons. The van der Waals surface area contributed by atoms with Gasteiger partial charge in [-0.1, -0.05) is 12.1 Å². The molecule has 1 aliphatic heterocycles. The van der Waals surface area contributed by atoms with Crippen molar-refractivity contribution in [1.82, 2.24) is 4.90 Å². The molecule has 1 fully saturated rings. The second-order valence-corrected chi connectivity index (χ2v) is 6.31. The number of amides is 1. The summed E-state index contributed by atoms with van der Waals surface area (Å²) >= 11 is 0. The SMILES string of the molecule is Cc1cccc(OCCC(=O)N2CCCCC2C(C)N)c1C. The summed E-state index contributed by atoms with van der Waals surface area (Å²) in [5.74, 6) is 1.03. The van der Waals surface area contributed by atoms with Gasteiger partial charge in [-0.15, -0.1) is 0 Å². The molecule has 0 aromatic heterocycles. The first-order valence-corrected chi connectivity index (χ1v) is 8.24. The van der Waals surface area contributed by atoms with E-state index in [0.29, 0.717) is 13.0 Å². The van der Waals surface area contributed by atoms with Gasteiger partial charge in [0.05, 0.1) is 13.0 Å². The van der Waals surface area contributed by atoms with Gasteiger partial charge in [0.25, 0.3) is 0 Å². The molecule has 1 heterocycles. The Hall–Kier alpha value is -1.55. The predicted octanol–water partition coefficient (Wildman–Crippen LogP) is 2.80. The minimum Gasteiger partial charge on any atom is -0.493 e. The molecule has 122 valence electrons. The van der Waals surface area contributed by atoms with Crippen molar-refractivity contribution < 1.29 is 9.53 Å². The van der Waals surface area contributed by atoms with E-state index in [1.807, 2.05) is 30.9 Å². The standard InChI is InChI=1S/C18H28N2O2/c1-13-7-6-9-17(14(13)2)22-12-10-18(21)20-11-5-4-8-16(20)15(3)19/h6-7,9,15-16H,4-5,8,10-12,19H2,1-3H3. The smallest absolute Gasteiger partial charge is 0.226 e. The minimum absolute atomic E-state index is 0.0317. The van der Waals surface area contributed by atoms with Gasteiger partial charge in [-0.3, -0.25) is 4.79 Å². The molecular formula is C18H28N2O2. The van der Waals surface area contributed by atoms with Crippen LogP contribution in [0, 0.1) is 13.8 Å². The Morgan fingerprint density at radius 3 is 2.91 bits per heavy atom. The van der Waals surface area contributed by atoms with E-state index in [1.54, 1.807) is 0 Å². The second kappa shape index (κ2) is 7.63. The van der Waals surface area contributed by atoms with Crippen molar-refractivity contribution in [3.05, 3.63) is 29.3 Å². The number of carbonyl (C=O) groups is 1. The molecule has 2 N–H and O–H groups in total. The number of ether oxygens (including phenoxy) is 1.